The van der Waals surface area contributed by atoms with Gasteiger partial charge in [0.15, 0.2) is 5.69 Å². The molecule has 0 fully saturated rings. The van der Waals surface area contributed by atoms with Crippen LogP contribution >= 0.6 is 11.6 Å². The summed E-state index contributed by atoms with van der Waals surface area (Å²) < 4.78 is 6.02. The van der Waals surface area contributed by atoms with Crippen molar-refractivity contribution in [1.29, 1.82) is 0 Å². The van der Waals surface area contributed by atoms with Gasteiger partial charge < -0.3 is 4.74 Å². The summed E-state index contributed by atoms with van der Waals surface area (Å²) in [7, 11) is 0. The largest absolute Gasteiger partial charge is 0.461 e. The van der Waals surface area contributed by atoms with E-state index in [0.29, 0.717) is 21.4 Å². The number of esters is 1. The molecule has 0 amide bonds. The molecule has 3 aromatic rings. The maximum atomic E-state index is 11.9. The topological polar surface area (TPSA) is 89.4 Å². The standard InChI is InChI=1S/C12H9ClN4O3/c1-2-20-11(18)9-10-7-4-3-6(13)5-8(7)14-12(19)17(10)16-15-9/h3-5,16H,2H2,1H3. The monoisotopic (exact) mass is 292 g/mol. The summed E-state index contributed by atoms with van der Waals surface area (Å²) in [5.41, 5.74) is 0.195. The van der Waals surface area contributed by atoms with Crippen molar-refractivity contribution in [2.24, 2.45) is 0 Å². The van der Waals surface area contributed by atoms with E-state index >= 15 is 0 Å². The number of aromatic nitrogens is 4. The number of halogens is 1. The third kappa shape index (κ3) is 1.83. The maximum Gasteiger partial charge on any atom is 0.368 e. The lowest BCUT2D eigenvalue weighted by Gasteiger charge is -2.02. The quantitative estimate of drug-likeness (QED) is 0.721. The number of hydrogen-bond donors (Lipinski definition) is 1. The number of carbonyl (C=O) groups excluding carboxylic acids is 1. The summed E-state index contributed by atoms with van der Waals surface area (Å²) >= 11 is 5.88. The Hall–Kier alpha value is -2.41. The zero-order chi connectivity index (χ0) is 14.3. The number of carbonyl (C=O) groups is 1. The van der Waals surface area contributed by atoms with E-state index in [-0.39, 0.29) is 12.3 Å². The lowest BCUT2D eigenvalue weighted by Crippen LogP contribution is -2.17. The van der Waals surface area contributed by atoms with Crippen LogP contribution in [0.3, 0.4) is 0 Å². The van der Waals surface area contributed by atoms with E-state index in [2.05, 4.69) is 15.3 Å². The average Bonchev–Trinajstić information content (AvgIpc) is 2.84. The van der Waals surface area contributed by atoms with E-state index in [4.69, 9.17) is 16.3 Å². The Morgan fingerprint density at radius 1 is 1.50 bits per heavy atom. The Balaban J connectivity index is 2.42. The summed E-state index contributed by atoms with van der Waals surface area (Å²) in [4.78, 5) is 27.6. The van der Waals surface area contributed by atoms with Gasteiger partial charge in [-0.25, -0.2) is 14.8 Å². The van der Waals surface area contributed by atoms with E-state index in [1.54, 1.807) is 25.1 Å². The summed E-state index contributed by atoms with van der Waals surface area (Å²) in [5.74, 6) is -0.604. The highest BCUT2D eigenvalue weighted by Crippen LogP contribution is 2.22. The second kappa shape index (κ2) is 4.61. The molecule has 2 heterocycles. The molecular weight excluding hydrogens is 284 g/mol. The van der Waals surface area contributed by atoms with Crippen LogP contribution < -0.4 is 5.69 Å². The third-order valence-electron chi connectivity index (χ3n) is 2.80. The summed E-state index contributed by atoms with van der Waals surface area (Å²) in [5, 5.41) is 7.34. The molecule has 1 N–H and O–H groups in total. The molecule has 0 atom stereocenters. The van der Waals surface area contributed by atoms with Gasteiger partial charge in [-0.1, -0.05) is 11.6 Å². The van der Waals surface area contributed by atoms with E-state index in [0.717, 1.165) is 4.52 Å². The minimum atomic E-state index is -0.604. The number of ether oxygens (including phenoxy) is 1. The highest BCUT2D eigenvalue weighted by Gasteiger charge is 2.19. The minimum Gasteiger partial charge on any atom is -0.461 e. The van der Waals surface area contributed by atoms with E-state index in [1.807, 2.05) is 0 Å². The first-order valence-corrected chi connectivity index (χ1v) is 6.23. The van der Waals surface area contributed by atoms with Crippen molar-refractivity contribution in [2.75, 3.05) is 6.61 Å². The number of nitrogens with one attached hydrogen (secondary N) is 1. The number of hydrogen-bond acceptors (Lipinski definition) is 5. The van der Waals surface area contributed by atoms with Crippen LogP contribution in [-0.4, -0.2) is 32.4 Å². The molecule has 0 radical (unpaired) electrons. The van der Waals surface area contributed by atoms with Gasteiger partial charge in [-0.05, 0) is 25.1 Å². The smallest absolute Gasteiger partial charge is 0.368 e. The Kier molecular flexibility index (Phi) is 2.90. The molecule has 20 heavy (non-hydrogen) atoms. The highest BCUT2D eigenvalue weighted by molar-refractivity contribution is 6.31. The van der Waals surface area contributed by atoms with Crippen molar-refractivity contribution in [3.05, 3.63) is 39.4 Å². The van der Waals surface area contributed by atoms with Gasteiger partial charge in [0, 0.05) is 10.4 Å². The van der Waals surface area contributed by atoms with Crippen LogP contribution in [0.15, 0.2) is 23.0 Å². The molecule has 0 bridgehead atoms. The molecule has 0 spiro atoms. The molecule has 8 heteroatoms. The first kappa shape index (κ1) is 12.6. The summed E-state index contributed by atoms with van der Waals surface area (Å²) in [6.45, 7) is 1.91. The molecule has 102 valence electrons. The zero-order valence-corrected chi connectivity index (χ0v) is 11.1. The van der Waals surface area contributed by atoms with Crippen molar-refractivity contribution in [2.45, 2.75) is 6.92 Å². The number of fused-ring (bicyclic) bond motifs is 3. The van der Waals surface area contributed by atoms with Gasteiger partial charge in [0.25, 0.3) is 0 Å². The molecule has 1 aromatic carbocycles. The fourth-order valence-electron chi connectivity index (χ4n) is 1.99. The zero-order valence-electron chi connectivity index (χ0n) is 10.4. The third-order valence-corrected chi connectivity index (χ3v) is 3.04. The summed E-state index contributed by atoms with van der Waals surface area (Å²) in [6.07, 6.45) is 0. The Morgan fingerprint density at radius 3 is 3.05 bits per heavy atom. The fraction of sp³-hybridized carbons (Fsp3) is 0.167. The molecule has 0 aliphatic carbocycles. The number of aromatic amines is 1. The molecule has 0 aliphatic heterocycles. The van der Waals surface area contributed by atoms with Gasteiger partial charge in [-0.3, -0.25) is 0 Å². The lowest BCUT2D eigenvalue weighted by atomic mass is 10.2. The Bertz CT molecular complexity index is 883. The van der Waals surface area contributed by atoms with Gasteiger partial charge in [0.05, 0.1) is 12.1 Å². The second-order valence-electron chi connectivity index (χ2n) is 4.02. The SMILES string of the molecule is CCOC(=O)c1n[nH]n2c(=O)nc3cc(Cl)ccc3c12. The Morgan fingerprint density at radius 2 is 2.30 bits per heavy atom. The van der Waals surface area contributed by atoms with Crippen molar-refractivity contribution in [1.82, 2.24) is 19.8 Å². The molecular formula is C12H9ClN4O3. The normalized spacial score (nSPS) is 11.1. The van der Waals surface area contributed by atoms with Crippen molar-refractivity contribution < 1.29 is 9.53 Å². The van der Waals surface area contributed by atoms with Crippen molar-refractivity contribution in [3.8, 4) is 0 Å². The van der Waals surface area contributed by atoms with Gasteiger partial charge in [0.1, 0.15) is 5.52 Å². The fourth-order valence-corrected chi connectivity index (χ4v) is 2.15. The second-order valence-corrected chi connectivity index (χ2v) is 4.46. The molecule has 7 nitrogen and oxygen atoms in total. The van der Waals surface area contributed by atoms with Crippen LogP contribution in [0.5, 0.6) is 0 Å². The molecule has 0 unspecified atom stereocenters. The molecule has 0 saturated carbocycles. The Labute approximate surface area is 117 Å². The van der Waals surface area contributed by atoms with Crippen LogP contribution in [0.2, 0.25) is 5.02 Å². The highest BCUT2D eigenvalue weighted by atomic mass is 35.5. The van der Waals surface area contributed by atoms with E-state index in [9.17, 15) is 9.59 Å². The number of H-pyrrole nitrogens is 1. The first-order chi connectivity index (χ1) is 9.61. The van der Waals surface area contributed by atoms with Gasteiger partial charge >= 0.3 is 11.7 Å². The van der Waals surface area contributed by atoms with Crippen LogP contribution in [-0.2, 0) is 4.74 Å². The van der Waals surface area contributed by atoms with Crippen molar-refractivity contribution in [3.63, 3.8) is 0 Å². The van der Waals surface area contributed by atoms with E-state index in [1.165, 1.54) is 0 Å². The molecule has 0 saturated heterocycles. The maximum absolute atomic E-state index is 11.9. The number of benzene rings is 1. The molecule has 0 aliphatic rings. The van der Waals surface area contributed by atoms with Crippen LogP contribution in [0.4, 0.5) is 0 Å². The lowest BCUT2D eigenvalue weighted by molar-refractivity contribution is 0.0522. The van der Waals surface area contributed by atoms with E-state index < -0.39 is 11.7 Å². The number of rotatable bonds is 2. The van der Waals surface area contributed by atoms with Crippen LogP contribution in [0.1, 0.15) is 17.4 Å². The first-order valence-electron chi connectivity index (χ1n) is 5.85. The predicted molar refractivity (Wildman–Crippen MR) is 72.1 cm³/mol. The number of nitrogens with zero attached hydrogens (tertiary/aromatic N) is 3. The van der Waals surface area contributed by atoms with Gasteiger partial charge in [-0.15, -0.1) is 5.10 Å². The van der Waals surface area contributed by atoms with Gasteiger partial charge in [-0.2, -0.15) is 9.50 Å². The summed E-state index contributed by atoms with van der Waals surface area (Å²) in [6, 6.07) is 4.88. The van der Waals surface area contributed by atoms with Gasteiger partial charge in [0.2, 0.25) is 0 Å². The van der Waals surface area contributed by atoms with Crippen molar-refractivity contribution >= 4 is 34.0 Å². The average molecular weight is 293 g/mol. The van der Waals surface area contributed by atoms with Crippen LogP contribution in [0, 0.1) is 0 Å². The minimum absolute atomic E-state index is 0.0404. The molecule has 3 rings (SSSR count). The predicted octanol–water partition coefficient (Wildman–Crippen LogP) is 1.40. The van der Waals surface area contributed by atoms with Crippen LogP contribution in [0.25, 0.3) is 16.4 Å². The molecule has 2 aromatic heterocycles.